The molecule has 2 aromatic carbocycles. The van der Waals surface area contributed by atoms with Gasteiger partial charge in [0.25, 0.3) is 0 Å². The van der Waals surface area contributed by atoms with Gasteiger partial charge in [0.2, 0.25) is 10.0 Å². The van der Waals surface area contributed by atoms with Crippen molar-refractivity contribution in [3.63, 3.8) is 0 Å². The summed E-state index contributed by atoms with van der Waals surface area (Å²) in [5, 5.41) is 0.662. The zero-order valence-corrected chi connectivity index (χ0v) is 12.6. The number of rotatable bonds is 3. The monoisotopic (exact) mass is 316 g/mol. The SMILES string of the molecule is CS(=O)(=O)Nc1ccnc2ccc(-c3cccc(F)c3)cc12. The van der Waals surface area contributed by atoms with Crippen LogP contribution in [-0.2, 0) is 10.0 Å². The number of aromatic nitrogens is 1. The number of hydrogen-bond acceptors (Lipinski definition) is 3. The maximum atomic E-state index is 13.4. The summed E-state index contributed by atoms with van der Waals surface area (Å²) >= 11 is 0. The van der Waals surface area contributed by atoms with Gasteiger partial charge in [-0.1, -0.05) is 18.2 Å². The van der Waals surface area contributed by atoms with Crippen molar-refractivity contribution in [2.24, 2.45) is 0 Å². The molecule has 0 fully saturated rings. The molecule has 0 atom stereocenters. The fourth-order valence-electron chi connectivity index (χ4n) is 2.28. The summed E-state index contributed by atoms with van der Waals surface area (Å²) in [7, 11) is -3.39. The number of nitrogens with zero attached hydrogens (tertiary/aromatic N) is 1. The Kier molecular flexibility index (Phi) is 3.54. The highest BCUT2D eigenvalue weighted by Gasteiger charge is 2.08. The van der Waals surface area contributed by atoms with Crippen molar-refractivity contribution in [1.29, 1.82) is 0 Å². The molecule has 0 unspecified atom stereocenters. The maximum Gasteiger partial charge on any atom is 0.229 e. The molecule has 0 amide bonds. The predicted molar refractivity (Wildman–Crippen MR) is 85.6 cm³/mol. The topological polar surface area (TPSA) is 59.1 Å². The first-order valence-corrected chi connectivity index (χ1v) is 8.44. The lowest BCUT2D eigenvalue weighted by Gasteiger charge is -2.09. The molecule has 1 heterocycles. The van der Waals surface area contributed by atoms with Crippen LogP contribution < -0.4 is 4.72 Å². The Morgan fingerprint density at radius 3 is 2.55 bits per heavy atom. The van der Waals surface area contributed by atoms with Crippen molar-refractivity contribution in [2.75, 3.05) is 11.0 Å². The molecule has 0 aliphatic rings. The standard InChI is InChI=1S/C16H13FN2O2S/c1-22(20,21)19-16-7-8-18-15-6-5-12(10-14(15)16)11-3-2-4-13(17)9-11/h2-10H,1H3,(H,18,19). The third kappa shape index (κ3) is 3.07. The molecule has 0 spiro atoms. The molecule has 3 rings (SSSR count). The molecule has 0 saturated heterocycles. The van der Waals surface area contributed by atoms with Crippen LogP contribution in [0, 0.1) is 5.82 Å². The van der Waals surface area contributed by atoms with Crippen LogP contribution in [0.4, 0.5) is 10.1 Å². The fraction of sp³-hybridized carbons (Fsp3) is 0.0625. The Bertz CT molecular complexity index is 955. The summed E-state index contributed by atoms with van der Waals surface area (Å²) in [5.74, 6) is -0.321. The molecule has 0 aliphatic carbocycles. The molecule has 0 radical (unpaired) electrons. The van der Waals surface area contributed by atoms with Crippen LogP contribution in [-0.4, -0.2) is 19.7 Å². The highest BCUT2D eigenvalue weighted by Crippen LogP contribution is 2.28. The molecular formula is C16H13FN2O2S. The van der Waals surface area contributed by atoms with Gasteiger partial charge in [-0.2, -0.15) is 0 Å². The minimum atomic E-state index is -3.39. The van der Waals surface area contributed by atoms with Crippen molar-refractivity contribution in [2.45, 2.75) is 0 Å². The number of anilines is 1. The summed E-state index contributed by atoms with van der Waals surface area (Å²) < 4.78 is 38.8. The normalized spacial score (nSPS) is 11.5. The van der Waals surface area contributed by atoms with E-state index in [0.29, 0.717) is 16.6 Å². The first-order chi connectivity index (χ1) is 10.4. The largest absolute Gasteiger partial charge is 0.283 e. The number of benzene rings is 2. The smallest absolute Gasteiger partial charge is 0.229 e. The summed E-state index contributed by atoms with van der Waals surface area (Å²) in [5.41, 5.74) is 2.62. The van der Waals surface area contributed by atoms with E-state index in [9.17, 15) is 12.8 Å². The second-order valence-corrected chi connectivity index (χ2v) is 6.72. The summed E-state index contributed by atoms with van der Waals surface area (Å²) in [4.78, 5) is 4.22. The zero-order valence-electron chi connectivity index (χ0n) is 11.7. The highest BCUT2D eigenvalue weighted by atomic mass is 32.2. The van der Waals surface area contributed by atoms with Gasteiger partial charge < -0.3 is 0 Å². The number of fused-ring (bicyclic) bond motifs is 1. The van der Waals surface area contributed by atoms with E-state index >= 15 is 0 Å². The third-order valence-corrected chi connectivity index (χ3v) is 3.79. The second kappa shape index (κ2) is 5.38. The van der Waals surface area contributed by atoms with E-state index < -0.39 is 10.0 Å². The number of hydrogen-bond donors (Lipinski definition) is 1. The van der Waals surface area contributed by atoms with Crippen LogP contribution in [0.15, 0.2) is 54.7 Å². The van der Waals surface area contributed by atoms with Gasteiger partial charge in [-0.15, -0.1) is 0 Å². The van der Waals surface area contributed by atoms with Gasteiger partial charge >= 0.3 is 0 Å². The van der Waals surface area contributed by atoms with Crippen molar-refractivity contribution < 1.29 is 12.8 Å². The maximum absolute atomic E-state index is 13.4. The van der Waals surface area contributed by atoms with Crippen molar-refractivity contribution in [1.82, 2.24) is 4.98 Å². The Morgan fingerprint density at radius 1 is 1.05 bits per heavy atom. The minimum Gasteiger partial charge on any atom is -0.283 e. The van der Waals surface area contributed by atoms with E-state index in [1.165, 1.54) is 18.3 Å². The van der Waals surface area contributed by atoms with Crippen LogP contribution >= 0.6 is 0 Å². The van der Waals surface area contributed by atoms with Crippen LogP contribution in [0.2, 0.25) is 0 Å². The number of pyridine rings is 1. The molecule has 4 nitrogen and oxygen atoms in total. The van der Waals surface area contributed by atoms with E-state index in [1.54, 1.807) is 30.3 Å². The first kappa shape index (κ1) is 14.5. The van der Waals surface area contributed by atoms with Gasteiger partial charge in [0.15, 0.2) is 0 Å². The molecule has 22 heavy (non-hydrogen) atoms. The molecule has 1 N–H and O–H groups in total. The molecular weight excluding hydrogens is 303 g/mol. The summed E-state index contributed by atoms with van der Waals surface area (Å²) in [6, 6.07) is 13.2. The van der Waals surface area contributed by atoms with Gasteiger partial charge in [0.05, 0.1) is 17.5 Å². The lowest BCUT2D eigenvalue weighted by molar-refractivity contribution is 0.607. The summed E-state index contributed by atoms with van der Waals surface area (Å²) in [6.07, 6.45) is 2.63. The Morgan fingerprint density at radius 2 is 1.82 bits per heavy atom. The predicted octanol–water partition coefficient (Wildman–Crippen LogP) is 3.41. The number of sulfonamides is 1. The lowest BCUT2D eigenvalue weighted by Crippen LogP contribution is -2.09. The van der Waals surface area contributed by atoms with E-state index in [0.717, 1.165) is 17.4 Å². The van der Waals surface area contributed by atoms with Crippen molar-refractivity contribution in [3.8, 4) is 11.1 Å². The third-order valence-electron chi connectivity index (χ3n) is 3.19. The lowest BCUT2D eigenvalue weighted by atomic mass is 10.0. The number of nitrogens with one attached hydrogen (secondary N) is 1. The van der Waals surface area contributed by atoms with Crippen LogP contribution in [0.3, 0.4) is 0 Å². The van der Waals surface area contributed by atoms with E-state index in [1.807, 2.05) is 6.07 Å². The molecule has 0 saturated carbocycles. The quantitative estimate of drug-likeness (QED) is 0.805. The highest BCUT2D eigenvalue weighted by molar-refractivity contribution is 7.92. The average molecular weight is 316 g/mol. The molecule has 1 aromatic heterocycles. The van der Waals surface area contributed by atoms with Crippen LogP contribution in [0.5, 0.6) is 0 Å². The van der Waals surface area contributed by atoms with Gasteiger partial charge in [-0.05, 0) is 41.5 Å². The van der Waals surface area contributed by atoms with E-state index in [4.69, 9.17) is 0 Å². The van der Waals surface area contributed by atoms with Crippen LogP contribution in [0.25, 0.3) is 22.0 Å². The Hall–Kier alpha value is -2.47. The Balaban J connectivity index is 2.18. The van der Waals surface area contributed by atoms with Gasteiger partial charge in [-0.3, -0.25) is 9.71 Å². The molecule has 112 valence electrons. The molecule has 0 bridgehead atoms. The second-order valence-electron chi connectivity index (χ2n) is 4.98. The zero-order chi connectivity index (χ0) is 15.7. The minimum absolute atomic E-state index is 0.321. The molecule has 3 aromatic rings. The van der Waals surface area contributed by atoms with E-state index in [-0.39, 0.29) is 5.82 Å². The fourth-order valence-corrected chi connectivity index (χ4v) is 2.86. The molecule has 6 heteroatoms. The molecule has 0 aliphatic heterocycles. The van der Waals surface area contributed by atoms with Gasteiger partial charge in [0, 0.05) is 11.6 Å². The number of halogens is 1. The summed E-state index contributed by atoms with van der Waals surface area (Å²) in [6.45, 7) is 0. The van der Waals surface area contributed by atoms with Crippen molar-refractivity contribution >= 4 is 26.6 Å². The average Bonchev–Trinajstić information content (AvgIpc) is 2.46. The van der Waals surface area contributed by atoms with Gasteiger partial charge in [0.1, 0.15) is 5.82 Å². The van der Waals surface area contributed by atoms with Gasteiger partial charge in [-0.25, -0.2) is 12.8 Å². The van der Waals surface area contributed by atoms with Crippen molar-refractivity contribution in [3.05, 3.63) is 60.5 Å². The Labute approximate surface area is 127 Å². The van der Waals surface area contributed by atoms with Crippen LogP contribution in [0.1, 0.15) is 0 Å². The van der Waals surface area contributed by atoms with E-state index in [2.05, 4.69) is 9.71 Å². The first-order valence-electron chi connectivity index (χ1n) is 6.55.